The van der Waals surface area contributed by atoms with Crippen LogP contribution in [0.5, 0.6) is 0 Å². The number of rotatable bonds is 4. The number of carbonyl (C=O) groups excluding carboxylic acids is 2. The molecule has 2 aliphatic rings. The first-order valence-electron chi connectivity index (χ1n) is 10.2. The average molecular weight is 397 g/mol. The molecule has 0 saturated carbocycles. The fraction of sp³-hybridized carbons (Fsp3) is 0.905. The Morgan fingerprint density at radius 3 is 1.54 bits per heavy atom. The van der Waals surface area contributed by atoms with Crippen molar-refractivity contribution in [3.05, 3.63) is 10.4 Å². The lowest BCUT2D eigenvalue weighted by atomic mass is 9.73. The molecular formula is C21H36N2O5-2. The summed E-state index contributed by atoms with van der Waals surface area (Å²) in [4.78, 5) is 25.2. The van der Waals surface area contributed by atoms with Crippen molar-refractivity contribution in [2.75, 3.05) is 0 Å². The van der Waals surface area contributed by atoms with Crippen molar-refractivity contribution in [3.8, 4) is 0 Å². The molecule has 0 aromatic rings. The number of ether oxygens (including phenoxy) is 1. The SMILES string of the molecule is CC1(C)CC(OC(=O)CC(=O)C2CC(C)(C)N([O-])C(C)(C)C2)CC(C)(C)N1[O-]. The number of hydrogen-bond donors (Lipinski definition) is 0. The van der Waals surface area contributed by atoms with Crippen LogP contribution in [-0.2, 0) is 14.3 Å². The fourth-order valence-electron chi connectivity index (χ4n) is 5.26. The lowest BCUT2D eigenvalue weighted by molar-refractivity contribution is -0.160. The van der Waals surface area contributed by atoms with Crippen molar-refractivity contribution in [1.82, 2.24) is 10.1 Å². The summed E-state index contributed by atoms with van der Waals surface area (Å²) in [5.74, 6) is -1.04. The summed E-state index contributed by atoms with van der Waals surface area (Å²) < 4.78 is 5.60. The molecule has 0 aromatic heterocycles. The van der Waals surface area contributed by atoms with E-state index in [0.717, 1.165) is 10.1 Å². The summed E-state index contributed by atoms with van der Waals surface area (Å²) in [6.45, 7) is 14.7. The van der Waals surface area contributed by atoms with Gasteiger partial charge in [-0.3, -0.25) is 9.59 Å². The smallest absolute Gasteiger partial charge is 0.313 e. The second-order valence-corrected chi connectivity index (χ2v) is 11.1. The Morgan fingerprint density at radius 1 is 0.786 bits per heavy atom. The van der Waals surface area contributed by atoms with Gasteiger partial charge in [0.25, 0.3) is 0 Å². The number of ketones is 1. The molecular weight excluding hydrogens is 360 g/mol. The molecule has 7 nitrogen and oxygen atoms in total. The molecule has 162 valence electrons. The monoisotopic (exact) mass is 396 g/mol. The maximum absolute atomic E-state index is 12.8. The summed E-state index contributed by atoms with van der Waals surface area (Å²) in [5, 5.41) is 27.0. The van der Waals surface area contributed by atoms with Crippen LogP contribution in [0.25, 0.3) is 0 Å². The van der Waals surface area contributed by atoms with Crippen LogP contribution in [-0.4, -0.2) is 50.1 Å². The molecule has 2 fully saturated rings. The van der Waals surface area contributed by atoms with Gasteiger partial charge in [-0.2, -0.15) is 0 Å². The number of hydrogen-bond acceptors (Lipinski definition) is 7. The van der Waals surface area contributed by atoms with Crippen LogP contribution in [0.1, 0.15) is 87.5 Å². The molecule has 0 bridgehead atoms. The first-order chi connectivity index (χ1) is 12.5. The minimum atomic E-state index is -0.652. The van der Waals surface area contributed by atoms with Gasteiger partial charge in [-0.05, 0) is 68.2 Å². The Labute approximate surface area is 168 Å². The van der Waals surface area contributed by atoms with Gasteiger partial charge in [0, 0.05) is 40.9 Å². The number of hydroxylamine groups is 4. The van der Waals surface area contributed by atoms with Crippen molar-refractivity contribution in [1.29, 1.82) is 0 Å². The number of carbonyl (C=O) groups is 2. The Morgan fingerprint density at radius 2 is 1.14 bits per heavy atom. The van der Waals surface area contributed by atoms with Gasteiger partial charge < -0.3 is 25.3 Å². The van der Waals surface area contributed by atoms with Crippen molar-refractivity contribution in [2.45, 2.75) is 116 Å². The third-order valence-corrected chi connectivity index (χ3v) is 6.22. The summed E-state index contributed by atoms with van der Waals surface area (Å²) in [6.07, 6.45) is 1.07. The molecule has 2 aliphatic heterocycles. The van der Waals surface area contributed by atoms with Crippen molar-refractivity contribution in [3.63, 3.8) is 0 Å². The van der Waals surface area contributed by atoms with Gasteiger partial charge in [-0.1, -0.05) is 0 Å². The molecule has 0 atom stereocenters. The van der Waals surface area contributed by atoms with E-state index in [2.05, 4.69) is 0 Å². The number of Topliss-reactive ketones (excluding diaryl/α,β-unsaturated/α-hetero) is 1. The number of piperidine rings is 2. The highest BCUT2D eigenvalue weighted by atomic mass is 16.5. The van der Waals surface area contributed by atoms with Gasteiger partial charge in [0.1, 0.15) is 18.3 Å². The van der Waals surface area contributed by atoms with Gasteiger partial charge in [-0.25, -0.2) is 0 Å². The summed E-state index contributed by atoms with van der Waals surface area (Å²) in [7, 11) is 0. The van der Waals surface area contributed by atoms with E-state index in [1.54, 1.807) is 0 Å². The highest BCUT2D eigenvalue weighted by Gasteiger charge is 2.44. The Hall–Kier alpha value is -1.02. The summed E-state index contributed by atoms with van der Waals surface area (Å²) in [5.41, 5.74) is -2.57. The van der Waals surface area contributed by atoms with E-state index < -0.39 is 28.1 Å². The minimum Gasteiger partial charge on any atom is -0.784 e. The second kappa shape index (κ2) is 7.35. The van der Waals surface area contributed by atoms with Gasteiger partial charge in [0.05, 0.1) is 0 Å². The Balaban J connectivity index is 1.99. The van der Waals surface area contributed by atoms with Gasteiger partial charge in [0.15, 0.2) is 0 Å². The topological polar surface area (TPSA) is 96.0 Å². The van der Waals surface area contributed by atoms with Crippen LogP contribution in [0, 0.1) is 16.3 Å². The number of nitrogens with zero attached hydrogens (tertiary/aromatic N) is 2. The first kappa shape index (κ1) is 23.3. The average Bonchev–Trinajstić information content (AvgIpc) is 2.48. The van der Waals surface area contributed by atoms with E-state index >= 15 is 0 Å². The van der Waals surface area contributed by atoms with E-state index in [-0.39, 0.29) is 24.2 Å². The van der Waals surface area contributed by atoms with Crippen molar-refractivity contribution >= 4 is 11.8 Å². The zero-order chi connectivity index (χ0) is 21.7. The van der Waals surface area contributed by atoms with Gasteiger partial charge >= 0.3 is 5.97 Å². The predicted octanol–water partition coefficient (Wildman–Crippen LogP) is 3.78. The van der Waals surface area contributed by atoms with Crippen LogP contribution in [0.3, 0.4) is 0 Å². The van der Waals surface area contributed by atoms with E-state index in [1.807, 2.05) is 55.4 Å². The third kappa shape index (κ3) is 4.75. The lowest BCUT2D eigenvalue weighted by Gasteiger charge is -2.59. The van der Waals surface area contributed by atoms with Crippen LogP contribution < -0.4 is 0 Å². The highest BCUT2D eigenvalue weighted by Crippen LogP contribution is 2.42. The lowest BCUT2D eigenvalue weighted by Crippen LogP contribution is -2.59. The van der Waals surface area contributed by atoms with Crippen LogP contribution in [0.4, 0.5) is 0 Å². The standard InChI is InChI=1S/C21H36N2O5/c1-18(2)10-14(11-19(3,4)22(18)26)16(24)9-17(25)28-15-12-20(5,6)23(27)21(7,8)13-15/h14-15H,9-13H2,1-8H3/q-2. The maximum Gasteiger partial charge on any atom is 0.313 e. The predicted molar refractivity (Wildman–Crippen MR) is 108 cm³/mol. The maximum atomic E-state index is 12.8. The molecule has 2 rings (SSSR count). The molecule has 0 unspecified atom stereocenters. The molecule has 0 N–H and O–H groups in total. The molecule has 28 heavy (non-hydrogen) atoms. The van der Waals surface area contributed by atoms with Crippen LogP contribution >= 0.6 is 0 Å². The number of esters is 1. The molecule has 0 aliphatic carbocycles. The zero-order valence-electron chi connectivity index (χ0n) is 18.6. The second-order valence-electron chi connectivity index (χ2n) is 11.1. The molecule has 0 spiro atoms. The fourth-order valence-corrected chi connectivity index (χ4v) is 5.26. The minimum absolute atomic E-state index is 0.168. The molecule has 0 radical (unpaired) electrons. The van der Waals surface area contributed by atoms with Crippen molar-refractivity contribution < 1.29 is 14.3 Å². The molecule has 0 aromatic carbocycles. The van der Waals surface area contributed by atoms with Crippen LogP contribution in [0.15, 0.2) is 0 Å². The molecule has 2 saturated heterocycles. The van der Waals surface area contributed by atoms with Crippen LogP contribution in [0.2, 0.25) is 0 Å². The van der Waals surface area contributed by atoms with Gasteiger partial charge in [-0.15, -0.1) is 0 Å². The van der Waals surface area contributed by atoms with Gasteiger partial charge in [0.2, 0.25) is 0 Å². The molecule has 0 amide bonds. The first-order valence-corrected chi connectivity index (χ1v) is 10.2. The Kier molecular flexibility index (Phi) is 6.10. The quantitative estimate of drug-likeness (QED) is 0.527. The third-order valence-electron chi connectivity index (χ3n) is 6.22. The van der Waals surface area contributed by atoms with Crippen molar-refractivity contribution in [2.24, 2.45) is 5.92 Å². The summed E-state index contributed by atoms with van der Waals surface area (Å²) in [6, 6.07) is 0. The normalized spacial score (nSPS) is 28.1. The van der Waals surface area contributed by atoms with E-state index in [0.29, 0.717) is 25.7 Å². The van der Waals surface area contributed by atoms with E-state index in [4.69, 9.17) is 4.74 Å². The van der Waals surface area contributed by atoms with E-state index in [9.17, 15) is 20.0 Å². The zero-order valence-corrected chi connectivity index (χ0v) is 18.6. The van der Waals surface area contributed by atoms with E-state index in [1.165, 1.54) is 0 Å². The largest absolute Gasteiger partial charge is 0.784 e. The highest BCUT2D eigenvalue weighted by molar-refractivity contribution is 5.97. The molecule has 7 heteroatoms. The Bertz CT molecular complexity index is 590. The summed E-state index contributed by atoms with van der Waals surface area (Å²) >= 11 is 0. The molecule has 2 heterocycles.